The number of carbonyl (C=O) groups is 2. The first-order valence-electron chi connectivity index (χ1n) is 8.41. The molecule has 156 valence electrons. The van der Waals surface area contributed by atoms with Crippen molar-refractivity contribution in [2.45, 2.75) is 24.4 Å². The Morgan fingerprint density at radius 3 is 2.34 bits per heavy atom. The first-order chi connectivity index (χ1) is 13.5. The molecule has 0 atom stereocenters. The summed E-state index contributed by atoms with van der Waals surface area (Å²) in [5, 5.41) is 0. The number of benzene rings is 2. The third-order valence-corrected chi connectivity index (χ3v) is 5.31. The van der Waals surface area contributed by atoms with Gasteiger partial charge in [-0.05, 0) is 31.2 Å². The number of ketones is 1. The molecule has 2 aromatic carbocycles. The summed E-state index contributed by atoms with van der Waals surface area (Å²) in [5.74, 6) is -1.67. The number of hydrogen-bond donors (Lipinski definition) is 1. The molecule has 2 rings (SSSR count). The Morgan fingerprint density at radius 1 is 1.07 bits per heavy atom. The van der Waals surface area contributed by atoms with E-state index in [2.05, 4.69) is 4.72 Å². The smallest absolute Gasteiger partial charge is 0.416 e. The van der Waals surface area contributed by atoms with E-state index in [4.69, 9.17) is 4.74 Å². The largest absolute Gasteiger partial charge is 0.457 e. The molecule has 10 heteroatoms. The zero-order chi connectivity index (χ0) is 21.7. The fourth-order valence-electron chi connectivity index (χ4n) is 2.26. The third kappa shape index (κ3) is 6.68. The van der Waals surface area contributed by atoms with Crippen molar-refractivity contribution in [2.75, 3.05) is 13.2 Å². The Balaban J connectivity index is 1.83. The summed E-state index contributed by atoms with van der Waals surface area (Å²) >= 11 is 0. The van der Waals surface area contributed by atoms with E-state index in [-0.39, 0.29) is 23.4 Å². The lowest BCUT2D eigenvalue weighted by molar-refractivity contribution is -0.142. The van der Waals surface area contributed by atoms with E-state index in [9.17, 15) is 31.2 Å². The number of aryl methyl sites for hydroxylation is 1. The number of halogens is 3. The summed E-state index contributed by atoms with van der Waals surface area (Å²) < 4.78 is 69.1. The number of alkyl halides is 3. The van der Waals surface area contributed by atoms with Crippen molar-refractivity contribution < 1.29 is 35.9 Å². The van der Waals surface area contributed by atoms with Crippen LogP contribution in [0.3, 0.4) is 0 Å². The van der Waals surface area contributed by atoms with Crippen molar-refractivity contribution in [1.82, 2.24) is 4.72 Å². The molecule has 0 fully saturated rings. The number of esters is 1. The molecule has 0 aliphatic rings. The van der Waals surface area contributed by atoms with E-state index in [0.29, 0.717) is 6.07 Å². The summed E-state index contributed by atoms with van der Waals surface area (Å²) in [6.45, 7) is 0.804. The second-order valence-corrected chi connectivity index (χ2v) is 7.89. The Bertz CT molecular complexity index is 986. The molecule has 0 amide bonds. The number of rotatable bonds is 8. The van der Waals surface area contributed by atoms with Crippen LogP contribution in [-0.4, -0.2) is 33.3 Å². The van der Waals surface area contributed by atoms with Gasteiger partial charge in [0.05, 0.1) is 16.9 Å². The van der Waals surface area contributed by atoms with E-state index >= 15 is 0 Å². The van der Waals surface area contributed by atoms with Crippen LogP contribution in [0, 0.1) is 6.92 Å². The lowest BCUT2D eigenvalue weighted by Crippen LogP contribution is -2.27. The van der Waals surface area contributed by atoms with Crippen LogP contribution < -0.4 is 4.72 Å². The summed E-state index contributed by atoms with van der Waals surface area (Å²) in [6, 6.07) is 9.85. The molecular formula is C19H18F3NO5S. The standard InChI is InChI=1S/C19H18F3NO5S/c1-13-5-7-16(8-6-13)29(26,27)23-10-9-18(25)28-12-17(24)14-3-2-4-15(11-14)19(20,21)22/h2-8,11,23H,9-10,12H2,1H3. The van der Waals surface area contributed by atoms with E-state index < -0.39 is 40.1 Å². The van der Waals surface area contributed by atoms with Gasteiger partial charge in [0.2, 0.25) is 10.0 Å². The SMILES string of the molecule is Cc1ccc(S(=O)(=O)NCCC(=O)OCC(=O)c2cccc(C(F)(F)F)c2)cc1. The van der Waals surface area contributed by atoms with E-state index in [1.165, 1.54) is 18.2 Å². The highest BCUT2D eigenvalue weighted by atomic mass is 32.2. The van der Waals surface area contributed by atoms with E-state index in [1.54, 1.807) is 19.1 Å². The zero-order valence-corrected chi connectivity index (χ0v) is 16.1. The molecule has 0 heterocycles. The van der Waals surface area contributed by atoms with Crippen molar-refractivity contribution in [3.8, 4) is 0 Å². The predicted molar refractivity (Wildman–Crippen MR) is 97.7 cm³/mol. The molecule has 0 unspecified atom stereocenters. The van der Waals surface area contributed by atoms with Crippen LogP contribution >= 0.6 is 0 Å². The lowest BCUT2D eigenvalue weighted by Gasteiger charge is -2.09. The quantitative estimate of drug-likeness (QED) is 0.515. The van der Waals surface area contributed by atoms with Crippen LogP contribution in [0.15, 0.2) is 53.4 Å². The highest BCUT2D eigenvalue weighted by Crippen LogP contribution is 2.29. The summed E-state index contributed by atoms with van der Waals surface area (Å²) in [4.78, 5) is 23.6. The fourth-order valence-corrected chi connectivity index (χ4v) is 3.29. The monoisotopic (exact) mass is 429 g/mol. The van der Waals surface area contributed by atoms with Gasteiger partial charge in [0.15, 0.2) is 12.4 Å². The Morgan fingerprint density at radius 2 is 1.72 bits per heavy atom. The molecule has 29 heavy (non-hydrogen) atoms. The van der Waals surface area contributed by atoms with Gasteiger partial charge < -0.3 is 4.74 Å². The van der Waals surface area contributed by atoms with Gasteiger partial charge in [-0.15, -0.1) is 0 Å². The third-order valence-electron chi connectivity index (χ3n) is 3.83. The molecule has 0 radical (unpaired) electrons. The van der Waals surface area contributed by atoms with Gasteiger partial charge in [-0.2, -0.15) is 13.2 Å². The molecule has 0 saturated carbocycles. The maximum absolute atomic E-state index is 12.7. The Hall–Kier alpha value is -2.72. The van der Waals surface area contributed by atoms with Crippen molar-refractivity contribution in [1.29, 1.82) is 0 Å². The van der Waals surface area contributed by atoms with Crippen LogP contribution in [-0.2, 0) is 25.7 Å². The summed E-state index contributed by atoms with van der Waals surface area (Å²) in [6.07, 6.45) is -4.94. The summed E-state index contributed by atoms with van der Waals surface area (Å²) in [7, 11) is -3.80. The molecular weight excluding hydrogens is 411 g/mol. The molecule has 6 nitrogen and oxygen atoms in total. The minimum atomic E-state index is -4.60. The van der Waals surface area contributed by atoms with Crippen LogP contribution in [0.25, 0.3) is 0 Å². The van der Waals surface area contributed by atoms with Gasteiger partial charge in [0, 0.05) is 12.1 Å². The van der Waals surface area contributed by atoms with E-state index in [0.717, 1.165) is 17.7 Å². The lowest BCUT2D eigenvalue weighted by atomic mass is 10.1. The number of nitrogens with one attached hydrogen (secondary N) is 1. The van der Waals surface area contributed by atoms with Crippen LogP contribution in [0.5, 0.6) is 0 Å². The molecule has 0 aromatic heterocycles. The minimum Gasteiger partial charge on any atom is -0.457 e. The minimum absolute atomic E-state index is 0.0381. The molecule has 0 aliphatic heterocycles. The van der Waals surface area contributed by atoms with Gasteiger partial charge in [-0.3, -0.25) is 9.59 Å². The van der Waals surface area contributed by atoms with Gasteiger partial charge in [-0.1, -0.05) is 29.8 Å². The normalized spacial score (nSPS) is 11.9. The fraction of sp³-hybridized carbons (Fsp3) is 0.263. The van der Waals surface area contributed by atoms with Crippen LogP contribution in [0.1, 0.15) is 27.9 Å². The van der Waals surface area contributed by atoms with Crippen molar-refractivity contribution in [2.24, 2.45) is 0 Å². The molecule has 0 aliphatic carbocycles. The molecule has 0 spiro atoms. The van der Waals surface area contributed by atoms with Gasteiger partial charge in [-0.25, -0.2) is 13.1 Å². The number of ether oxygens (including phenoxy) is 1. The molecule has 0 saturated heterocycles. The van der Waals surface area contributed by atoms with Crippen molar-refractivity contribution >= 4 is 21.8 Å². The first kappa shape index (κ1) is 22.6. The average molecular weight is 429 g/mol. The molecule has 0 bridgehead atoms. The van der Waals surface area contributed by atoms with Gasteiger partial charge >= 0.3 is 12.1 Å². The van der Waals surface area contributed by atoms with E-state index in [1.807, 2.05) is 0 Å². The number of Topliss-reactive ketones (excluding diaryl/α,β-unsaturated/α-hetero) is 1. The van der Waals surface area contributed by atoms with Gasteiger partial charge in [0.25, 0.3) is 0 Å². The topological polar surface area (TPSA) is 89.5 Å². The highest BCUT2D eigenvalue weighted by Gasteiger charge is 2.30. The second-order valence-electron chi connectivity index (χ2n) is 6.12. The van der Waals surface area contributed by atoms with Crippen LogP contribution in [0.2, 0.25) is 0 Å². The maximum Gasteiger partial charge on any atom is 0.416 e. The van der Waals surface area contributed by atoms with Crippen molar-refractivity contribution in [3.63, 3.8) is 0 Å². The molecule has 1 N–H and O–H groups in total. The number of hydrogen-bond acceptors (Lipinski definition) is 5. The highest BCUT2D eigenvalue weighted by molar-refractivity contribution is 7.89. The van der Waals surface area contributed by atoms with Crippen molar-refractivity contribution in [3.05, 3.63) is 65.2 Å². The number of carbonyl (C=O) groups excluding carboxylic acids is 2. The average Bonchev–Trinajstić information content (AvgIpc) is 2.65. The first-order valence-corrected chi connectivity index (χ1v) is 9.90. The maximum atomic E-state index is 12.7. The summed E-state index contributed by atoms with van der Waals surface area (Å²) in [5.41, 5.74) is -0.342. The second kappa shape index (κ2) is 9.19. The van der Waals surface area contributed by atoms with Gasteiger partial charge in [0.1, 0.15) is 0 Å². The van der Waals surface area contributed by atoms with Crippen LogP contribution in [0.4, 0.5) is 13.2 Å². The Labute approximate surface area is 165 Å². The molecule has 2 aromatic rings. The zero-order valence-electron chi connectivity index (χ0n) is 15.3. The predicted octanol–water partition coefficient (Wildman–Crippen LogP) is 3.11. The number of sulfonamides is 1. The Kier molecular flexibility index (Phi) is 7.15.